The topological polar surface area (TPSA) is 89.5 Å². The Morgan fingerprint density at radius 2 is 1.50 bits per heavy atom. The van der Waals surface area contributed by atoms with Gasteiger partial charge in [-0.2, -0.15) is 0 Å². The number of rotatable bonds is 13. The maximum atomic E-state index is 13.7. The average molecular weight is 657 g/mol. The highest BCUT2D eigenvalue weighted by Gasteiger charge is 2.31. The second-order valence-corrected chi connectivity index (χ2v) is 17.6. The minimum Gasteiger partial charge on any atom is -0.481 e. The molecule has 0 aliphatic rings. The van der Waals surface area contributed by atoms with E-state index in [9.17, 15) is 22.8 Å². The van der Waals surface area contributed by atoms with Crippen LogP contribution in [0.3, 0.4) is 0 Å². The van der Waals surface area contributed by atoms with E-state index in [4.69, 9.17) is 14.5 Å². The number of aromatic nitrogens is 4. The molecule has 13 heteroatoms. The Hall–Kier alpha value is -4.28. The maximum absolute atomic E-state index is 13.7. The number of fused-ring (bicyclic) bond motifs is 1. The zero-order valence-corrected chi connectivity index (χ0v) is 27.7. The molecule has 0 fully saturated rings. The summed E-state index contributed by atoms with van der Waals surface area (Å²) in [6.45, 7) is 12.1. The van der Waals surface area contributed by atoms with Crippen LogP contribution in [0.25, 0.3) is 22.6 Å². The van der Waals surface area contributed by atoms with E-state index in [2.05, 4.69) is 36.2 Å². The molecule has 46 heavy (non-hydrogen) atoms. The molecule has 4 rings (SSSR count). The van der Waals surface area contributed by atoms with Gasteiger partial charge in [-0.3, -0.25) is 18.5 Å². The van der Waals surface area contributed by atoms with Crippen LogP contribution in [0.4, 0.5) is 13.2 Å². The van der Waals surface area contributed by atoms with Crippen molar-refractivity contribution in [3.8, 4) is 34.7 Å². The van der Waals surface area contributed by atoms with Crippen LogP contribution in [0, 0.1) is 11.8 Å². The summed E-state index contributed by atoms with van der Waals surface area (Å²) in [5.41, 5.74) is 1.13. The Morgan fingerprint density at radius 3 is 2.11 bits per heavy atom. The fraction of sp³-hybridized carbons (Fsp3) is 0.424. The zero-order valence-electron chi connectivity index (χ0n) is 26.7. The van der Waals surface area contributed by atoms with Gasteiger partial charge in [0.05, 0.1) is 0 Å². The van der Waals surface area contributed by atoms with E-state index < -0.39 is 14.4 Å². The smallest absolute Gasteiger partial charge is 0.481 e. The van der Waals surface area contributed by atoms with Crippen molar-refractivity contribution in [1.82, 2.24) is 18.7 Å². The van der Waals surface area contributed by atoms with Crippen LogP contribution in [0.15, 0.2) is 58.1 Å². The van der Waals surface area contributed by atoms with Gasteiger partial charge in [0.15, 0.2) is 11.2 Å². The quantitative estimate of drug-likeness (QED) is 0.0929. The lowest BCUT2D eigenvalue weighted by Crippen LogP contribution is -2.40. The molecule has 0 aliphatic heterocycles. The standard InChI is InChI=1S/C33H39F3N4O5Si/c1-6-18-38-30-28(31(41)39(19-7-2)32(38)42)40(23-43-21-22-46(3,4)5)29(37-30)25-12-16-26(17-13-25)44-20-8-9-24-10-14-27(15-11-24)45-33(34,35)36/h10-17H,6-7,18-23H2,1-5H3. The van der Waals surface area contributed by atoms with Crippen molar-refractivity contribution in [2.75, 3.05) is 13.2 Å². The number of benzene rings is 2. The number of halogens is 3. The summed E-state index contributed by atoms with van der Waals surface area (Å²) < 4.78 is 57.4. The summed E-state index contributed by atoms with van der Waals surface area (Å²) in [5.74, 6) is 6.40. The molecule has 0 aliphatic carbocycles. The molecule has 0 unspecified atom stereocenters. The molecule has 4 aromatic rings. The summed E-state index contributed by atoms with van der Waals surface area (Å²) in [6, 6.07) is 13.4. The Bertz CT molecular complexity index is 1810. The number of hydrogen-bond donors (Lipinski definition) is 0. The largest absolute Gasteiger partial charge is 0.573 e. The zero-order chi connectivity index (χ0) is 33.5. The minimum atomic E-state index is -4.75. The monoisotopic (exact) mass is 656 g/mol. The molecule has 0 radical (unpaired) electrons. The summed E-state index contributed by atoms with van der Waals surface area (Å²) in [4.78, 5) is 31.8. The molecule has 9 nitrogen and oxygen atoms in total. The lowest BCUT2D eigenvalue weighted by Gasteiger charge is -2.16. The predicted octanol–water partition coefficient (Wildman–Crippen LogP) is 6.49. The molecule has 2 heterocycles. The molecule has 2 aromatic heterocycles. The molecular formula is C33H39F3N4O5Si. The normalized spacial score (nSPS) is 11.8. The van der Waals surface area contributed by atoms with E-state index in [1.54, 1.807) is 21.3 Å². The molecule has 0 bridgehead atoms. The molecule has 0 atom stereocenters. The van der Waals surface area contributed by atoms with Gasteiger partial charge in [0.25, 0.3) is 5.56 Å². The molecule has 0 amide bonds. The minimum absolute atomic E-state index is 0.0455. The van der Waals surface area contributed by atoms with Crippen LogP contribution < -0.4 is 20.7 Å². The molecule has 0 N–H and O–H groups in total. The third-order valence-electron chi connectivity index (χ3n) is 6.97. The fourth-order valence-corrected chi connectivity index (χ4v) is 5.47. The van der Waals surface area contributed by atoms with Gasteiger partial charge >= 0.3 is 12.1 Å². The molecular weight excluding hydrogens is 617 g/mol. The summed E-state index contributed by atoms with van der Waals surface area (Å²) >= 11 is 0. The van der Waals surface area contributed by atoms with Gasteiger partial charge < -0.3 is 14.2 Å². The number of ether oxygens (including phenoxy) is 3. The van der Waals surface area contributed by atoms with E-state index in [1.807, 2.05) is 26.0 Å². The Morgan fingerprint density at radius 1 is 0.870 bits per heavy atom. The van der Waals surface area contributed by atoms with Crippen LogP contribution in [-0.2, 0) is 24.6 Å². The molecule has 2 aromatic carbocycles. The van der Waals surface area contributed by atoms with Crippen LogP contribution in [0.2, 0.25) is 25.7 Å². The summed E-state index contributed by atoms with van der Waals surface area (Å²) in [5, 5.41) is 0. The van der Waals surface area contributed by atoms with Crippen LogP contribution in [0.1, 0.15) is 32.3 Å². The molecule has 0 saturated carbocycles. The Balaban J connectivity index is 1.60. The summed E-state index contributed by atoms with van der Waals surface area (Å²) in [7, 11) is -1.35. The van der Waals surface area contributed by atoms with E-state index in [0.29, 0.717) is 66.4 Å². The highest BCUT2D eigenvalue weighted by atomic mass is 28.3. The number of alkyl halides is 3. The van der Waals surface area contributed by atoms with Crippen molar-refractivity contribution in [1.29, 1.82) is 0 Å². The van der Waals surface area contributed by atoms with Gasteiger partial charge in [0.1, 0.15) is 30.7 Å². The third kappa shape index (κ3) is 8.92. The molecule has 0 spiro atoms. The van der Waals surface area contributed by atoms with Gasteiger partial charge in [-0.1, -0.05) is 45.3 Å². The van der Waals surface area contributed by atoms with Gasteiger partial charge in [-0.25, -0.2) is 9.78 Å². The van der Waals surface area contributed by atoms with Crippen molar-refractivity contribution < 1.29 is 27.4 Å². The number of aryl methyl sites for hydroxylation is 1. The first-order chi connectivity index (χ1) is 21.8. The van der Waals surface area contributed by atoms with Crippen molar-refractivity contribution in [3.63, 3.8) is 0 Å². The van der Waals surface area contributed by atoms with Gasteiger partial charge in [-0.15, -0.1) is 13.2 Å². The van der Waals surface area contributed by atoms with Gasteiger partial charge in [-0.05, 0) is 67.4 Å². The van der Waals surface area contributed by atoms with Crippen LogP contribution in [0.5, 0.6) is 11.5 Å². The predicted molar refractivity (Wildman–Crippen MR) is 174 cm³/mol. The van der Waals surface area contributed by atoms with E-state index in [0.717, 1.165) is 6.04 Å². The highest BCUT2D eigenvalue weighted by molar-refractivity contribution is 6.76. The third-order valence-corrected chi connectivity index (χ3v) is 8.67. The number of imidazole rings is 1. The number of nitrogens with zero attached hydrogens (tertiary/aromatic N) is 4. The van der Waals surface area contributed by atoms with Crippen molar-refractivity contribution in [2.45, 2.75) is 78.6 Å². The highest BCUT2D eigenvalue weighted by Crippen LogP contribution is 2.26. The second kappa shape index (κ2) is 14.9. The first-order valence-electron chi connectivity index (χ1n) is 15.2. The van der Waals surface area contributed by atoms with Crippen LogP contribution in [-0.4, -0.2) is 46.3 Å². The second-order valence-electron chi connectivity index (χ2n) is 12.0. The summed E-state index contributed by atoms with van der Waals surface area (Å²) in [6.07, 6.45) is -3.42. The van der Waals surface area contributed by atoms with Crippen LogP contribution >= 0.6 is 0 Å². The lowest BCUT2D eigenvalue weighted by atomic mass is 10.2. The Labute approximate surface area is 266 Å². The average Bonchev–Trinajstić information content (AvgIpc) is 3.37. The Kier molecular flexibility index (Phi) is 11.2. The van der Waals surface area contributed by atoms with E-state index in [-0.39, 0.29) is 30.3 Å². The molecule has 246 valence electrons. The van der Waals surface area contributed by atoms with Gasteiger partial charge in [0.2, 0.25) is 0 Å². The SMILES string of the molecule is CCCn1c(=O)c2c(nc(-c3ccc(OCC#Cc4ccc(OC(F)(F)F)cc4)cc3)n2COCC[Si](C)(C)C)n(CCC)c1=O. The van der Waals surface area contributed by atoms with E-state index in [1.165, 1.54) is 28.8 Å². The van der Waals surface area contributed by atoms with E-state index >= 15 is 0 Å². The molecule has 0 saturated heterocycles. The van der Waals surface area contributed by atoms with Crippen molar-refractivity contribution >= 4 is 19.2 Å². The number of hydrogen-bond acceptors (Lipinski definition) is 6. The maximum Gasteiger partial charge on any atom is 0.573 e. The first kappa shape index (κ1) is 34.6. The fourth-order valence-electron chi connectivity index (χ4n) is 4.71. The first-order valence-corrected chi connectivity index (χ1v) is 18.9. The lowest BCUT2D eigenvalue weighted by molar-refractivity contribution is -0.274. The van der Waals surface area contributed by atoms with Crippen molar-refractivity contribution in [3.05, 3.63) is 74.9 Å². The van der Waals surface area contributed by atoms with Gasteiger partial charge in [0, 0.05) is 38.9 Å². The van der Waals surface area contributed by atoms with Crippen molar-refractivity contribution in [2.24, 2.45) is 0 Å².